The van der Waals surface area contributed by atoms with Crippen LogP contribution in [0.4, 0.5) is 0 Å². The van der Waals surface area contributed by atoms with Gasteiger partial charge in [0.1, 0.15) is 17.6 Å². The quantitative estimate of drug-likeness (QED) is 0.200. The van der Waals surface area contributed by atoms with Crippen molar-refractivity contribution >= 4 is 17.4 Å². The first kappa shape index (κ1) is 27.5. The molecule has 0 saturated carbocycles. The van der Waals surface area contributed by atoms with Crippen LogP contribution in [0.5, 0.6) is 17.2 Å². The van der Waals surface area contributed by atoms with E-state index in [1.165, 1.54) is 4.90 Å². The summed E-state index contributed by atoms with van der Waals surface area (Å²) in [4.78, 5) is 30.1. The first-order chi connectivity index (χ1) is 18.2. The molecule has 2 aliphatic heterocycles. The van der Waals surface area contributed by atoms with Crippen LogP contribution in [0.25, 0.3) is 5.76 Å². The monoisotopic (exact) mass is 522 g/mol. The Morgan fingerprint density at radius 2 is 1.92 bits per heavy atom. The third kappa shape index (κ3) is 5.65. The summed E-state index contributed by atoms with van der Waals surface area (Å²) in [6.45, 7) is 5.59. The zero-order chi connectivity index (χ0) is 27.4. The number of nitrogens with zero attached hydrogens (tertiary/aromatic N) is 2. The molecule has 1 N–H and O–H groups in total. The number of aliphatic hydroxyl groups excluding tert-OH is 1. The molecule has 0 radical (unpaired) electrons. The minimum atomic E-state index is -0.763. The van der Waals surface area contributed by atoms with Gasteiger partial charge in [-0.25, -0.2) is 0 Å². The molecule has 2 aliphatic rings. The fraction of sp³-hybridized carbons (Fsp3) is 0.467. The van der Waals surface area contributed by atoms with Gasteiger partial charge >= 0.3 is 0 Å². The lowest BCUT2D eigenvalue weighted by atomic mass is 9.94. The van der Waals surface area contributed by atoms with Gasteiger partial charge in [-0.2, -0.15) is 0 Å². The number of Topliss-reactive ketones (excluding diaryl/α,β-unsaturated/α-hetero) is 1. The van der Waals surface area contributed by atoms with Gasteiger partial charge in [0.15, 0.2) is 11.5 Å². The van der Waals surface area contributed by atoms with Gasteiger partial charge in [-0.15, -0.1) is 0 Å². The fourth-order valence-corrected chi connectivity index (χ4v) is 5.00. The predicted molar refractivity (Wildman–Crippen MR) is 146 cm³/mol. The molecule has 0 aliphatic carbocycles. The summed E-state index contributed by atoms with van der Waals surface area (Å²) >= 11 is 0. The van der Waals surface area contributed by atoms with Gasteiger partial charge in [0.05, 0.1) is 25.3 Å². The largest absolute Gasteiger partial charge is 0.507 e. The van der Waals surface area contributed by atoms with Crippen molar-refractivity contribution in [2.75, 3.05) is 40.9 Å². The first-order valence-electron chi connectivity index (χ1n) is 13.3. The smallest absolute Gasteiger partial charge is 0.295 e. The summed E-state index contributed by atoms with van der Waals surface area (Å²) in [6, 6.07) is 10.0. The molecule has 1 fully saturated rings. The Kier molecular flexibility index (Phi) is 8.62. The second-order valence-electron chi connectivity index (χ2n) is 10.2. The number of amides is 1. The number of aliphatic hydroxyl groups is 1. The van der Waals surface area contributed by atoms with Crippen LogP contribution in [0.2, 0.25) is 0 Å². The maximum atomic E-state index is 13.4. The number of unbranched alkanes of at least 4 members (excludes halogenated alkanes) is 2. The maximum absolute atomic E-state index is 13.4. The fourth-order valence-electron chi connectivity index (χ4n) is 5.00. The normalized spacial score (nSPS) is 20.1. The molecule has 4 rings (SSSR count). The number of carbonyl (C=O) groups excluding carboxylic acids is 2. The van der Waals surface area contributed by atoms with Crippen molar-refractivity contribution in [3.63, 3.8) is 0 Å². The van der Waals surface area contributed by atoms with E-state index < -0.39 is 17.7 Å². The zero-order valence-corrected chi connectivity index (χ0v) is 23.0. The number of ketones is 1. The van der Waals surface area contributed by atoms with Gasteiger partial charge in [-0.05, 0) is 68.9 Å². The third-order valence-corrected chi connectivity index (χ3v) is 7.01. The molecule has 2 atom stereocenters. The molecular formula is C30H38N2O6. The molecule has 2 unspecified atom stereocenters. The van der Waals surface area contributed by atoms with E-state index in [2.05, 4.69) is 6.92 Å². The van der Waals surface area contributed by atoms with Crippen molar-refractivity contribution in [3.8, 4) is 17.2 Å². The number of rotatable bonds is 11. The standard InChI is InChI=1S/C30H38N2O6/c1-6-7-8-15-37-24-12-9-20(18-25(24)36-5)27-26(29(34)30(35)32(27)14-13-31(3)4)28(33)21-10-11-23-22(17-21)16-19(2)38-23/h9-12,17-19,27,33H,6-8,13-16H2,1-5H3/b28-26+. The highest BCUT2D eigenvalue weighted by atomic mass is 16.5. The van der Waals surface area contributed by atoms with E-state index >= 15 is 0 Å². The van der Waals surface area contributed by atoms with E-state index in [-0.39, 0.29) is 17.4 Å². The van der Waals surface area contributed by atoms with Gasteiger partial charge in [0.25, 0.3) is 11.7 Å². The van der Waals surface area contributed by atoms with E-state index in [1.807, 2.05) is 38.1 Å². The van der Waals surface area contributed by atoms with E-state index in [0.717, 1.165) is 30.6 Å². The molecule has 2 heterocycles. The van der Waals surface area contributed by atoms with Crippen molar-refractivity contribution in [1.82, 2.24) is 9.80 Å². The molecule has 2 aromatic carbocycles. The van der Waals surface area contributed by atoms with E-state index in [9.17, 15) is 14.7 Å². The molecule has 1 amide bonds. The van der Waals surface area contributed by atoms with Crippen LogP contribution < -0.4 is 14.2 Å². The van der Waals surface area contributed by atoms with E-state index in [4.69, 9.17) is 14.2 Å². The maximum Gasteiger partial charge on any atom is 0.295 e. The van der Waals surface area contributed by atoms with Crippen molar-refractivity contribution in [1.29, 1.82) is 0 Å². The summed E-state index contributed by atoms with van der Waals surface area (Å²) in [5.74, 6) is 0.370. The SMILES string of the molecule is CCCCCOc1ccc(C2/C(=C(\O)c3ccc4c(c3)CC(C)O4)C(=O)C(=O)N2CCN(C)C)cc1OC. The topological polar surface area (TPSA) is 88.5 Å². The first-order valence-corrected chi connectivity index (χ1v) is 13.3. The average Bonchev–Trinajstić information content (AvgIpc) is 3.40. The van der Waals surface area contributed by atoms with E-state index in [0.29, 0.717) is 48.7 Å². The van der Waals surface area contributed by atoms with Gasteiger partial charge in [0, 0.05) is 25.1 Å². The Balaban J connectivity index is 1.76. The van der Waals surface area contributed by atoms with Gasteiger partial charge in [-0.1, -0.05) is 25.8 Å². The minimum Gasteiger partial charge on any atom is -0.507 e. The number of likely N-dealkylation sites (N-methyl/N-ethyl adjacent to an activating group) is 1. The number of carbonyl (C=O) groups is 2. The summed E-state index contributed by atoms with van der Waals surface area (Å²) in [6.07, 6.45) is 3.88. The number of ether oxygens (including phenoxy) is 3. The van der Waals surface area contributed by atoms with Crippen LogP contribution in [0.1, 0.15) is 55.8 Å². The van der Waals surface area contributed by atoms with Crippen LogP contribution in [0, 0.1) is 0 Å². The highest BCUT2D eigenvalue weighted by molar-refractivity contribution is 6.46. The molecule has 204 valence electrons. The second kappa shape index (κ2) is 11.9. The van der Waals surface area contributed by atoms with Gasteiger partial charge < -0.3 is 29.1 Å². The third-order valence-electron chi connectivity index (χ3n) is 7.01. The number of hydrogen-bond acceptors (Lipinski definition) is 7. The average molecular weight is 523 g/mol. The molecule has 1 saturated heterocycles. The van der Waals surface area contributed by atoms with Crippen molar-refractivity contribution in [3.05, 3.63) is 58.7 Å². The van der Waals surface area contributed by atoms with Crippen LogP contribution >= 0.6 is 0 Å². The van der Waals surface area contributed by atoms with Crippen LogP contribution in [0.3, 0.4) is 0 Å². The van der Waals surface area contributed by atoms with Gasteiger partial charge in [0.2, 0.25) is 0 Å². The highest BCUT2D eigenvalue weighted by Gasteiger charge is 2.46. The Hall–Kier alpha value is -3.52. The molecular weight excluding hydrogens is 484 g/mol. The molecule has 0 aromatic heterocycles. The lowest BCUT2D eigenvalue weighted by Gasteiger charge is -2.27. The van der Waals surface area contributed by atoms with Crippen molar-refractivity contribution < 1.29 is 28.9 Å². The van der Waals surface area contributed by atoms with Crippen LogP contribution in [-0.4, -0.2) is 73.6 Å². The Bertz CT molecular complexity index is 1220. The minimum absolute atomic E-state index is 0.0502. The summed E-state index contributed by atoms with van der Waals surface area (Å²) in [5.41, 5.74) is 2.19. The number of hydrogen-bond donors (Lipinski definition) is 1. The number of methoxy groups -OCH3 is 1. The summed E-state index contributed by atoms with van der Waals surface area (Å²) in [7, 11) is 5.38. The number of benzene rings is 2. The number of fused-ring (bicyclic) bond motifs is 1. The Morgan fingerprint density at radius 1 is 1.13 bits per heavy atom. The van der Waals surface area contributed by atoms with Crippen molar-refractivity contribution in [2.24, 2.45) is 0 Å². The Labute approximate surface area is 224 Å². The van der Waals surface area contributed by atoms with Crippen LogP contribution in [-0.2, 0) is 16.0 Å². The van der Waals surface area contributed by atoms with E-state index in [1.54, 1.807) is 31.4 Å². The molecule has 0 bridgehead atoms. The summed E-state index contributed by atoms with van der Waals surface area (Å²) in [5, 5.41) is 11.5. The second-order valence-corrected chi connectivity index (χ2v) is 10.2. The highest BCUT2D eigenvalue weighted by Crippen LogP contribution is 2.42. The molecule has 2 aromatic rings. The molecule has 8 nitrogen and oxygen atoms in total. The molecule has 8 heteroatoms. The van der Waals surface area contributed by atoms with Crippen molar-refractivity contribution in [2.45, 2.75) is 51.7 Å². The summed E-state index contributed by atoms with van der Waals surface area (Å²) < 4.78 is 17.3. The zero-order valence-electron chi connectivity index (χ0n) is 23.0. The lowest BCUT2D eigenvalue weighted by molar-refractivity contribution is -0.140. The molecule has 0 spiro atoms. The Morgan fingerprint density at radius 3 is 2.63 bits per heavy atom. The molecule has 38 heavy (non-hydrogen) atoms. The lowest BCUT2D eigenvalue weighted by Crippen LogP contribution is -2.35. The van der Waals surface area contributed by atoms with Gasteiger partial charge in [-0.3, -0.25) is 9.59 Å². The van der Waals surface area contributed by atoms with Crippen LogP contribution in [0.15, 0.2) is 42.0 Å². The number of likely N-dealkylation sites (tertiary alicyclic amines) is 1. The predicted octanol–water partition coefficient (Wildman–Crippen LogP) is 4.57.